The molecule has 3 heterocycles. The zero-order valence-corrected chi connectivity index (χ0v) is 14.7. The highest BCUT2D eigenvalue weighted by Gasteiger charge is 2.42. The minimum atomic E-state index is -0.232. The van der Waals surface area contributed by atoms with Crippen LogP contribution in [0.3, 0.4) is 0 Å². The van der Waals surface area contributed by atoms with Crippen molar-refractivity contribution in [2.45, 2.75) is 24.8 Å². The van der Waals surface area contributed by atoms with E-state index in [-0.39, 0.29) is 30.6 Å². The number of hydrogen-bond donors (Lipinski definition) is 1. The summed E-state index contributed by atoms with van der Waals surface area (Å²) in [5.74, 6) is 1.13. The topological polar surface area (TPSA) is 69.7 Å². The van der Waals surface area contributed by atoms with Crippen LogP contribution in [0, 0.1) is 5.92 Å². The Morgan fingerprint density at radius 3 is 2.96 bits per heavy atom. The number of benzene rings is 1. The Labute approximate surface area is 152 Å². The average molecular weight is 354 g/mol. The molecule has 2 aromatic rings. The number of aryl methyl sites for hydroxylation is 1. The lowest BCUT2D eigenvalue weighted by atomic mass is 9.83. The van der Waals surface area contributed by atoms with Crippen LogP contribution in [0.2, 0.25) is 0 Å². The lowest BCUT2D eigenvalue weighted by Crippen LogP contribution is -2.33. The van der Waals surface area contributed by atoms with Crippen molar-refractivity contribution in [3.05, 3.63) is 53.9 Å². The number of ether oxygens (including phenoxy) is 3. The van der Waals surface area contributed by atoms with E-state index in [4.69, 9.17) is 14.2 Å². The molecule has 1 fully saturated rings. The normalized spacial score (nSPS) is 23.8. The van der Waals surface area contributed by atoms with Crippen molar-refractivity contribution in [3.63, 3.8) is 0 Å². The molecule has 0 bridgehead atoms. The van der Waals surface area contributed by atoms with E-state index in [1.807, 2.05) is 36.4 Å². The van der Waals surface area contributed by atoms with E-state index in [0.29, 0.717) is 0 Å². The van der Waals surface area contributed by atoms with E-state index < -0.39 is 0 Å². The summed E-state index contributed by atoms with van der Waals surface area (Å²) in [6.45, 7) is 0.973. The first-order valence-corrected chi connectivity index (χ1v) is 8.87. The van der Waals surface area contributed by atoms with Gasteiger partial charge in [0.25, 0.3) is 0 Å². The van der Waals surface area contributed by atoms with Crippen LogP contribution < -0.4 is 14.8 Å². The molecule has 0 unspecified atom stereocenters. The van der Waals surface area contributed by atoms with Crippen LogP contribution in [0.1, 0.15) is 23.6 Å². The monoisotopic (exact) mass is 354 g/mol. The van der Waals surface area contributed by atoms with Gasteiger partial charge in [-0.3, -0.25) is 9.78 Å². The van der Waals surface area contributed by atoms with Crippen molar-refractivity contribution >= 4 is 5.97 Å². The van der Waals surface area contributed by atoms with Gasteiger partial charge in [-0.25, -0.2) is 0 Å². The van der Waals surface area contributed by atoms with Crippen molar-refractivity contribution in [2.24, 2.45) is 5.92 Å². The standard InChI is InChI=1S/C20H22N2O4/c1-24-20(23)19-15(13-5-8-17-18(10-13)26-12-25-17)11-22-16(19)7-6-14-4-2-3-9-21-14/h2-5,8-10,15-16,19,22H,6-7,11-12H2,1H3/t15-,16+,19-/m1/s1. The molecule has 4 rings (SSSR count). The van der Waals surface area contributed by atoms with Crippen LogP contribution in [0.5, 0.6) is 11.5 Å². The third kappa shape index (κ3) is 3.24. The highest BCUT2D eigenvalue weighted by atomic mass is 16.7. The fraction of sp³-hybridized carbons (Fsp3) is 0.400. The van der Waals surface area contributed by atoms with Gasteiger partial charge in [-0.15, -0.1) is 0 Å². The van der Waals surface area contributed by atoms with Crippen LogP contribution in [0.4, 0.5) is 0 Å². The predicted octanol–water partition coefficient (Wildman–Crippen LogP) is 2.29. The summed E-state index contributed by atoms with van der Waals surface area (Å²) >= 11 is 0. The van der Waals surface area contributed by atoms with Crippen LogP contribution in [0.15, 0.2) is 42.6 Å². The maximum atomic E-state index is 12.5. The van der Waals surface area contributed by atoms with Crippen molar-refractivity contribution < 1.29 is 19.0 Å². The lowest BCUT2D eigenvalue weighted by Gasteiger charge is -2.22. The van der Waals surface area contributed by atoms with E-state index in [1.165, 1.54) is 7.11 Å². The van der Waals surface area contributed by atoms with E-state index in [0.717, 1.165) is 42.1 Å². The maximum absolute atomic E-state index is 12.5. The largest absolute Gasteiger partial charge is 0.469 e. The minimum absolute atomic E-state index is 0.0469. The molecule has 1 N–H and O–H groups in total. The molecule has 1 aromatic carbocycles. The number of carbonyl (C=O) groups is 1. The van der Waals surface area contributed by atoms with Crippen LogP contribution >= 0.6 is 0 Å². The van der Waals surface area contributed by atoms with Crippen molar-refractivity contribution in [3.8, 4) is 11.5 Å². The number of rotatable bonds is 5. The summed E-state index contributed by atoms with van der Waals surface area (Å²) in [7, 11) is 1.45. The second-order valence-electron chi connectivity index (χ2n) is 6.64. The lowest BCUT2D eigenvalue weighted by molar-refractivity contribution is -0.146. The minimum Gasteiger partial charge on any atom is -0.469 e. The van der Waals surface area contributed by atoms with Gasteiger partial charge in [0.1, 0.15) is 0 Å². The molecule has 2 aliphatic heterocycles. The molecule has 0 radical (unpaired) electrons. The summed E-state index contributed by atoms with van der Waals surface area (Å²) < 4.78 is 16.0. The second-order valence-corrected chi connectivity index (χ2v) is 6.64. The van der Waals surface area contributed by atoms with Gasteiger partial charge in [0.05, 0.1) is 13.0 Å². The van der Waals surface area contributed by atoms with Gasteiger partial charge < -0.3 is 19.5 Å². The molecule has 2 aliphatic rings. The molecule has 6 nitrogen and oxygen atoms in total. The van der Waals surface area contributed by atoms with Crippen molar-refractivity contribution in [1.82, 2.24) is 10.3 Å². The summed E-state index contributed by atoms with van der Waals surface area (Å²) in [4.78, 5) is 16.9. The number of aromatic nitrogens is 1. The average Bonchev–Trinajstić information content (AvgIpc) is 3.32. The second kappa shape index (κ2) is 7.33. The Hall–Kier alpha value is -2.60. The molecule has 1 aromatic heterocycles. The molecule has 136 valence electrons. The number of pyridine rings is 1. The Bertz CT molecular complexity index is 781. The first-order valence-electron chi connectivity index (χ1n) is 8.87. The molecule has 0 spiro atoms. The first kappa shape index (κ1) is 16.8. The predicted molar refractivity (Wildman–Crippen MR) is 95.2 cm³/mol. The Kier molecular flexibility index (Phi) is 4.75. The Morgan fingerprint density at radius 2 is 2.15 bits per heavy atom. The van der Waals surface area contributed by atoms with E-state index in [1.54, 1.807) is 6.20 Å². The number of esters is 1. The quantitative estimate of drug-likeness (QED) is 0.831. The van der Waals surface area contributed by atoms with Crippen LogP contribution in [0.25, 0.3) is 0 Å². The van der Waals surface area contributed by atoms with Crippen LogP contribution in [-0.2, 0) is 16.0 Å². The molecular formula is C20H22N2O4. The van der Waals surface area contributed by atoms with E-state index in [9.17, 15) is 4.79 Å². The number of hydrogen-bond acceptors (Lipinski definition) is 6. The first-order chi connectivity index (χ1) is 12.8. The molecule has 6 heteroatoms. The Balaban J connectivity index is 1.52. The molecule has 1 saturated heterocycles. The summed E-state index contributed by atoms with van der Waals surface area (Å²) in [5.41, 5.74) is 2.10. The summed E-state index contributed by atoms with van der Waals surface area (Å²) in [5, 5.41) is 3.51. The summed E-state index contributed by atoms with van der Waals surface area (Å²) in [6.07, 6.45) is 3.45. The van der Waals surface area contributed by atoms with Gasteiger partial charge in [-0.1, -0.05) is 12.1 Å². The smallest absolute Gasteiger partial charge is 0.310 e. The van der Waals surface area contributed by atoms with Gasteiger partial charge in [0, 0.05) is 30.4 Å². The molecule has 0 saturated carbocycles. The number of carbonyl (C=O) groups excluding carboxylic acids is 1. The molecule has 0 amide bonds. The zero-order valence-electron chi connectivity index (χ0n) is 14.7. The van der Waals surface area contributed by atoms with Gasteiger partial charge in [-0.2, -0.15) is 0 Å². The fourth-order valence-corrected chi connectivity index (χ4v) is 3.88. The Morgan fingerprint density at radius 1 is 1.27 bits per heavy atom. The molecule has 0 aliphatic carbocycles. The van der Waals surface area contributed by atoms with Gasteiger partial charge >= 0.3 is 5.97 Å². The van der Waals surface area contributed by atoms with Gasteiger partial charge in [0.2, 0.25) is 6.79 Å². The maximum Gasteiger partial charge on any atom is 0.310 e. The third-order valence-electron chi connectivity index (χ3n) is 5.20. The fourth-order valence-electron chi connectivity index (χ4n) is 3.88. The van der Waals surface area contributed by atoms with Crippen molar-refractivity contribution in [2.75, 3.05) is 20.4 Å². The van der Waals surface area contributed by atoms with E-state index >= 15 is 0 Å². The number of fused-ring (bicyclic) bond motifs is 1. The van der Waals surface area contributed by atoms with Crippen LogP contribution in [-0.4, -0.2) is 37.4 Å². The number of nitrogens with one attached hydrogen (secondary N) is 1. The van der Waals surface area contributed by atoms with Gasteiger partial charge in [-0.05, 0) is 42.7 Å². The molecule has 3 atom stereocenters. The van der Waals surface area contributed by atoms with E-state index in [2.05, 4.69) is 10.3 Å². The number of methoxy groups -OCH3 is 1. The highest BCUT2D eigenvalue weighted by Crippen LogP contribution is 2.40. The molecule has 26 heavy (non-hydrogen) atoms. The van der Waals surface area contributed by atoms with Crippen molar-refractivity contribution in [1.29, 1.82) is 0 Å². The SMILES string of the molecule is COC(=O)[C@H]1[C@H](CCc2ccccn2)NC[C@@H]1c1ccc2c(c1)OCO2. The summed E-state index contributed by atoms with van der Waals surface area (Å²) in [6, 6.07) is 11.9. The van der Waals surface area contributed by atoms with Gasteiger partial charge in [0.15, 0.2) is 11.5 Å². The third-order valence-corrected chi connectivity index (χ3v) is 5.20. The number of nitrogens with zero attached hydrogens (tertiary/aromatic N) is 1. The zero-order chi connectivity index (χ0) is 17.9. The molecular weight excluding hydrogens is 332 g/mol. The highest BCUT2D eigenvalue weighted by molar-refractivity contribution is 5.75.